The minimum atomic E-state index is -0.0507. The van der Waals surface area contributed by atoms with Crippen molar-refractivity contribution < 1.29 is 9.53 Å². The van der Waals surface area contributed by atoms with Gasteiger partial charge in [-0.2, -0.15) is 0 Å². The lowest BCUT2D eigenvalue weighted by atomic mass is 10.1. The van der Waals surface area contributed by atoms with Gasteiger partial charge in [0.15, 0.2) is 0 Å². The second kappa shape index (κ2) is 6.70. The molecule has 1 aliphatic heterocycles. The molecule has 0 atom stereocenters. The van der Waals surface area contributed by atoms with Gasteiger partial charge in [0, 0.05) is 6.42 Å². The number of hydrogen-bond acceptors (Lipinski definition) is 2. The first-order valence-electron chi connectivity index (χ1n) is 5.20. The van der Waals surface area contributed by atoms with E-state index in [1.165, 1.54) is 19.3 Å². The average Bonchev–Trinajstić information content (AvgIpc) is 2.11. The summed E-state index contributed by atoms with van der Waals surface area (Å²) >= 11 is 0. The van der Waals surface area contributed by atoms with Crippen LogP contribution in [0.1, 0.15) is 44.9 Å². The third-order valence-electron chi connectivity index (χ3n) is 2.21. The second-order valence-corrected chi connectivity index (χ2v) is 3.43. The molecule has 0 aromatic rings. The molecule has 0 unspecified atom stereocenters. The van der Waals surface area contributed by atoms with Crippen LogP contribution < -0.4 is 0 Å². The van der Waals surface area contributed by atoms with Crippen molar-refractivity contribution in [1.29, 1.82) is 0 Å². The van der Waals surface area contributed by atoms with Gasteiger partial charge in [-0.05, 0) is 25.7 Å². The molecule has 0 saturated carbocycles. The number of ether oxygens (including phenoxy) is 1. The van der Waals surface area contributed by atoms with Crippen LogP contribution in [0.5, 0.6) is 0 Å². The van der Waals surface area contributed by atoms with Crippen LogP contribution in [-0.4, -0.2) is 12.6 Å². The molecule has 13 heavy (non-hydrogen) atoms. The zero-order chi connectivity index (χ0) is 9.36. The van der Waals surface area contributed by atoms with Gasteiger partial charge in [0.2, 0.25) is 0 Å². The molecule has 2 nitrogen and oxygen atoms in total. The van der Waals surface area contributed by atoms with Crippen LogP contribution in [0.2, 0.25) is 0 Å². The van der Waals surface area contributed by atoms with Gasteiger partial charge < -0.3 is 4.74 Å². The Morgan fingerprint density at radius 2 is 1.77 bits per heavy atom. The molecular formula is C11H18O2. The van der Waals surface area contributed by atoms with Crippen molar-refractivity contribution in [1.82, 2.24) is 0 Å². The summed E-state index contributed by atoms with van der Waals surface area (Å²) in [4.78, 5) is 11.0. The number of carbonyl (C=O) groups is 1. The van der Waals surface area contributed by atoms with E-state index in [2.05, 4.69) is 12.2 Å². The highest BCUT2D eigenvalue weighted by Crippen LogP contribution is 2.06. The Kier molecular flexibility index (Phi) is 5.30. The van der Waals surface area contributed by atoms with E-state index in [0.717, 1.165) is 19.3 Å². The van der Waals surface area contributed by atoms with E-state index in [-0.39, 0.29) is 5.97 Å². The Morgan fingerprint density at radius 1 is 1.00 bits per heavy atom. The molecule has 0 aromatic heterocycles. The first-order valence-corrected chi connectivity index (χ1v) is 5.20. The molecule has 0 aliphatic carbocycles. The Balaban J connectivity index is 2.25. The van der Waals surface area contributed by atoms with Crippen LogP contribution in [0.4, 0.5) is 0 Å². The Bertz CT molecular complexity index is 173. The van der Waals surface area contributed by atoms with Crippen LogP contribution >= 0.6 is 0 Å². The molecule has 1 rings (SSSR count). The van der Waals surface area contributed by atoms with Gasteiger partial charge >= 0.3 is 5.97 Å². The summed E-state index contributed by atoms with van der Waals surface area (Å²) in [5.41, 5.74) is 0. The summed E-state index contributed by atoms with van der Waals surface area (Å²) in [6, 6.07) is 0. The lowest BCUT2D eigenvalue weighted by Gasteiger charge is -2.04. The Morgan fingerprint density at radius 3 is 2.69 bits per heavy atom. The van der Waals surface area contributed by atoms with Gasteiger partial charge in [0.05, 0.1) is 6.61 Å². The van der Waals surface area contributed by atoms with E-state index < -0.39 is 0 Å². The van der Waals surface area contributed by atoms with E-state index >= 15 is 0 Å². The number of hydrogen-bond donors (Lipinski definition) is 0. The zero-order valence-electron chi connectivity index (χ0n) is 8.13. The summed E-state index contributed by atoms with van der Waals surface area (Å²) in [6.07, 6.45) is 11.5. The van der Waals surface area contributed by atoms with E-state index in [1.54, 1.807) is 0 Å². The van der Waals surface area contributed by atoms with E-state index in [9.17, 15) is 4.79 Å². The molecule has 0 bridgehead atoms. The second-order valence-electron chi connectivity index (χ2n) is 3.43. The van der Waals surface area contributed by atoms with E-state index in [0.29, 0.717) is 13.0 Å². The maximum atomic E-state index is 11.0. The average molecular weight is 182 g/mol. The van der Waals surface area contributed by atoms with Gasteiger partial charge in [0.1, 0.15) is 0 Å². The molecule has 1 aliphatic rings. The molecule has 74 valence electrons. The first-order chi connectivity index (χ1) is 6.39. The van der Waals surface area contributed by atoms with Crippen LogP contribution in [0, 0.1) is 0 Å². The highest BCUT2D eigenvalue weighted by molar-refractivity contribution is 5.69. The molecule has 2 heteroatoms. The van der Waals surface area contributed by atoms with Crippen molar-refractivity contribution >= 4 is 5.97 Å². The highest BCUT2D eigenvalue weighted by Gasteiger charge is 2.01. The molecule has 0 N–H and O–H groups in total. The Hall–Kier alpha value is -0.790. The summed E-state index contributed by atoms with van der Waals surface area (Å²) < 4.78 is 5.04. The number of rotatable bonds is 0. The maximum Gasteiger partial charge on any atom is 0.306 e. The third-order valence-corrected chi connectivity index (χ3v) is 2.21. The standard InChI is InChI=1S/C11H18O2/c12-11-9-7-5-3-1-2-4-6-8-10-13-11/h3,5H,1-2,4,6-10H2/b5-3+. The number of allylic oxidation sites excluding steroid dienone is 2. The van der Waals surface area contributed by atoms with Crippen LogP contribution in [-0.2, 0) is 9.53 Å². The summed E-state index contributed by atoms with van der Waals surface area (Å²) in [5, 5.41) is 0. The van der Waals surface area contributed by atoms with Crippen molar-refractivity contribution in [2.24, 2.45) is 0 Å². The minimum absolute atomic E-state index is 0.0507. The van der Waals surface area contributed by atoms with Crippen LogP contribution in [0.15, 0.2) is 12.2 Å². The van der Waals surface area contributed by atoms with Crippen molar-refractivity contribution in [2.75, 3.05) is 6.61 Å². The molecular weight excluding hydrogens is 164 g/mol. The largest absolute Gasteiger partial charge is 0.466 e. The third kappa shape index (κ3) is 5.45. The molecule has 0 spiro atoms. The predicted octanol–water partition coefficient (Wildman–Crippen LogP) is 2.83. The Labute approximate surface area is 80.0 Å². The van der Waals surface area contributed by atoms with Gasteiger partial charge in [-0.1, -0.05) is 25.0 Å². The van der Waals surface area contributed by atoms with Gasteiger partial charge in [-0.25, -0.2) is 0 Å². The van der Waals surface area contributed by atoms with Crippen molar-refractivity contribution in [2.45, 2.75) is 44.9 Å². The topological polar surface area (TPSA) is 26.3 Å². The molecule has 0 saturated heterocycles. The lowest BCUT2D eigenvalue weighted by molar-refractivity contribution is -0.143. The normalized spacial score (nSPS) is 23.8. The summed E-state index contributed by atoms with van der Waals surface area (Å²) in [7, 11) is 0. The van der Waals surface area contributed by atoms with Crippen LogP contribution in [0.3, 0.4) is 0 Å². The fourth-order valence-corrected chi connectivity index (χ4v) is 1.41. The molecule has 0 fully saturated rings. The molecule has 0 aromatic carbocycles. The van der Waals surface area contributed by atoms with E-state index in [4.69, 9.17) is 4.74 Å². The first kappa shape index (κ1) is 10.3. The quantitative estimate of drug-likeness (QED) is 0.425. The fourth-order valence-electron chi connectivity index (χ4n) is 1.41. The monoisotopic (exact) mass is 182 g/mol. The summed E-state index contributed by atoms with van der Waals surface area (Å²) in [6.45, 7) is 0.614. The summed E-state index contributed by atoms with van der Waals surface area (Å²) in [5.74, 6) is -0.0507. The lowest BCUT2D eigenvalue weighted by Crippen LogP contribution is -2.05. The predicted molar refractivity (Wildman–Crippen MR) is 52.4 cm³/mol. The van der Waals surface area contributed by atoms with Crippen molar-refractivity contribution in [3.8, 4) is 0 Å². The highest BCUT2D eigenvalue weighted by atomic mass is 16.5. The minimum Gasteiger partial charge on any atom is -0.466 e. The van der Waals surface area contributed by atoms with Gasteiger partial charge in [0.25, 0.3) is 0 Å². The number of esters is 1. The van der Waals surface area contributed by atoms with Gasteiger partial charge in [-0.3, -0.25) is 4.79 Å². The number of carbonyl (C=O) groups excluding carboxylic acids is 1. The SMILES string of the molecule is O=C1CC/C=C/CCCCCCO1. The van der Waals surface area contributed by atoms with Crippen molar-refractivity contribution in [3.05, 3.63) is 12.2 Å². The molecule has 0 amide bonds. The molecule has 1 heterocycles. The van der Waals surface area contributed by atoms with Crippen LogP contribution in [0.25, 0.3) is 0 Å². The molecule has 0 radical (unpaired) electrons. The van der Waals surface area contributed by atoms with E-state index in [1.807, 2.05) is 0 Å². The fraction of sp³-hybridized carbons (Fsp3) is 0.727. The van der Waals surface area contributed by atoms with Gasteiger partial charge in [-0.15, -0.1) is 0 Å². The zero-order valence-corrected chi connectivity index (χ0v) is 8.13. The number of cyclic esters (lactones) is 1. The maximum absolute atomic E-state index is 11.0. The smallest absolute Gasteiger partial charge is 0.306 e. The van der Waals surface area contributed by atoms with Crippen molar-refractivity contribution in [3.63, 3.8) is 0 Å².